The highest BCUT2D eigenvalue weighted by Gasteiger charge is 2.30. The molecule has 2 aliphatic heterocycles. The van der Waals surface area contributed by atoms with Gasteiger partial charge in [-0.25, -0.2) is 0 Å². The Kier molecular flexibility index (Phi) is 8.36. The topological polar surface area (TPSA) is 71.1 Å². The van der Waals surface area contributed by atoms with E-state index >= 15 is 0 Å². The fourth-order valence-electron chi connectivity index (χ4n) is 3.81. The van der Waals surface area contributed by atoms with Crippen LogP contribution >= 0.6 is 11.6 Å². The molecule has 3 rings (SSSR count). The highest BCUT2D eigenvalue weighted by Crippen LogP contribution is 2.29. The summed E-state index contributed by atoms with van der Waals surface area (Å²) in [4.78, 5) is 28.9. The number of carbonyl (C=O) groups is 2. The summed E-state index contributed by atoms with van der Waals surface area (Å²) in [5.41, 5.74) is 0.517. The van der Waals surface area contributed by atoms with Gasteiger partial charge in [0.2, 0.25) is 5.91 Å². The van der Waals surface area contributed by atoms with E-state index in [1.807, 2.05) is 23.9 Å². The molecule has 0 saturated carbocycles. The maximum Gasteiger partial charge on any atom is 0.251 e. The van der Waals surface area contributed by atoms with Crippen molar-refractivity contribution in [2.45, 2.75) is 31.8 Å². The molecule has 2 saturated heterocycles. The summed E-state index contributed by atoms with van der Waals surface area (Å²) in [6.07, 6.45) is 3.21. The average Bonchev–Trinajstić information content (AvgIpc) is 2.75. The van der Waals surface area contributed by atoms with Crippen LogP contribution in [0.1, 0.15) is 36.0 Å². The lowest BCUT2D eigenvalue weighted by Gasteiger charge is -2.35. The SMILES string of the molecule is CN(C)CCNC(=O)c1ccc(OC2CCN(C(=O)C3CCOCC3)CC2)c(Cl)c1. The predicted octanol–water partition coefficient (Wildman–Crippen LogP) is 2.43. The van der Waals surface area contributed by atoms with Gasteiger partial charge in [0.15, 0.2) is 0 Å². The van der Waals surface area contributed by atoms with Gasteiger partial charge in [0.05, 0.1) is 5.02 Å². The molecule has 2 fully saturated rings. The Balaban J connectivity index is 1.47. The van der Waals surface area contributed by atoms with Gasteiger partial charge in [-0.2, -0.15) is 0 Å². The molecule has 1 aromatic carbocycles. The first-order chi connectivity index (χ1) is 14.4. The Hall–Kier alpha value is -1.83. The third kappa shape index (κ3) is 6.33. The van der Waals surface area contributed by atoms with Crippen molar-refractivity contribution in [1.29, 1.82) is 0 Å². The van der Waals surface area contributed by atoms with Gasteiger partial charge in [-0.1, -0.05) is 11.6 Å². The lowest BCUT2D eigenvalue weighted by Crippen LogP contribution is -2.45. The van der Waals surface area contributed by atoms with Crippen LogP contribution in [0.5, 0.6) is 5.75 Å². The van der Waals surface area contributed by atoms with E-state index in [9.17, 15) is 9.59 Å². The molecule has 1 N–H and O–H groups in total. The van der Waals surface area contributed by atoms with E-state index in [0.717, 1.165) is 32.2 Å². The van der Waals surface area contributed by atoms with Gasteiger partial charge in [-0.15, -0.1) is 0 Å². The minimum Gasteiger partial charge on any atom is -0.489 e. The van der Waals surface area contributed by atoms with Crippen LogP contribution < -0.4 is 10.1 Å². The largest absolute Gasteiger partial charge is 0.489 e. The monoisotopic (exact) mass is 437 g/mol. The zero-order valence-electron chi connectivity index (χ0n) is 17.9. The minimum atomic E-state index is -0.148. The van der Waals surface area contributed by atoms with Gasteiger partial charge < -0.3 is 24.6 Å². The van der Waals surface area contributed by atoms with Gasteiger partial charge in [0.25, 0.3) is 5.91 Å². The zero-order valence-corrected chi connectivity index (χ0v) is 18.6. The number of piperidine rings is 1. The number of likely N-dealkylation sites (tertiary alicyclic amines) is 1. The molecule has 2 heterocycles. The van der Waals surface area contributed by atoms with Crippen molar-refractivity contribution in [3.63, 3.8) is 0 Å². The number of nitrogens with zero attached hydrogens (tertiary/aromatic N) is 2. The number of amides is 2. The number of halogens is 1. The standard InChI is InChI=1S/C22H32ClN3O4/c1-25(2)12-9-24-21(27)17-3-4-20(19(23)15-17)30-18-5-10-26(11-6-18)22(28)16-7-13-29-14-8-16/h3-4,15-16,18H,5-14H2,1-2H3,(H,24,27). The lowest BCUT2D eigenvalue weighted by molar-refractivity contribution is -0.140. The Labute approximate surface area is 183 Å². The first-order valence-electron chi connectivity index (χ1n) is 10.7. The van der Waals surface area contributed by atoms with Crippen LogP contribution in [0, 0.1) is 5.92 Å². The molecular weight excluding hydrogens is 406 g/mol. The van der Waals surface area contributed by atoms with E-state index in [1.165, 1.54) is 0 Å². The number of benzene rings is 1. The number of likely N-dealkylation sites (N-methyl/N-ethyl adjacent to an activating group) is 1. The van der Waals surface area contributed by atoms with Crippen molar-refractivity contribution in [2.75, 3.05) is 53.5 Å². The maximum atomic E-state index is 12.7. The Morgan fingerprint density at radius 3 is 2.53 bits per heavy atom. The molecule has 0 bridgehead atoms. The summed E-state index contributed by atoms with van der Waals surface area (Å²) in [5, 5.41) is 3.30. The third-order valence-electron chi connectivity index (χ3n) is 5.66. The molecule has 0 unspecified atom stereocenters. The fourth-order valence-corrected chi connectivity index (χ4v) is 4.03. The second-order valence-electron chi connectivity index (χ2n) is 8.23. The van der Waals surface area contributed by atoms with E-state index in [2.05, 4.69) is 5.32 Å². The van der Waals surface area contributed by atoms with Crippen molar-refractivity contribution in [1.82, 2.24) is 15.1 Å². The number of ether oxygens (including phenoxy) is 2. The Morgan fingerprint density at radius 1 is 1.20 bits per heavy atom. The summed E-state index contributed by atoms with van der Waals surface area (Å²) < 4.78 is 11.4. The molecule has 0 radical (unpaired) electrons. The van der Waals surface area contributed by atoms with E-state index in [4.69, 9.17) is 21.1 Å². The van der Waals surface area contributed by atoms with Crippen LogP contribution in [0.4, 0.5) is 0 Å². The quantitative estimate of drug-likeness (QED) is 0.709. The normalized spacial score (nSPS) is 18.5. The molecule has 1 aromatic rings. The highest BCUT2D eigenvalue weighted by molar-refractivity contribution is 6.32. The van der Waals surface area contributed by atoms with E-state index < -0.39 is 0 Å². The molecule has 8 heteroatoms. The summed E-state index contributed by atoms with van der Waals surface area (Å²) in [7, 11) is 3.92. The number of nitrogens with one attached hydrogen (secondary N) is 1. The molecule has 7 nitrogen and oxygen atoms in total. The van der Waals surface area contributed by atoms with Crippen LogP contribution in [-0.4, -0.2) is 81.2 Å². The summed E-state index contributed by atoms with van der Waals surface area (Å²) in [5.74, 6) is 0.780. The number of hydrogen-bond acceptors (Lipinski definition) is 5. The minimum absolute atomic E-state index is 0.0148. The van der Waals surface area contributed by atoms with E-state index in [-0.39, 0.29) is 23.8 Å². The predicted molar refractivity (Wildman–Crippen MR) is 116 cm³/mol. The van der Waals surface area contributed by atoms with Crippen LogP contribution in [0.15, 0.2) is 18.2 Å². The summed E-state index contributed by atoms with van der Waals surface area (Å²) in [6.45, 7) is 4.11. The van der Waals surface area contributed by atoms with Gasteiger partial charge in [-0.05, 0) is 45.1 Å². The highest BCUT2D eigenvalue weighted by atomic mass is 35.5. The first-order valence-corrected chi connectivity index (χ1v) is 11.1. The van der Waals surface area contributed by atoms with Crippen molar-refractivity contribution in [3.8, 4) is 5.75 Å². The third-order valence-corrected chi connectivity index (χ3v) is 5.95. The molecule has 2 amide bonds. The van der Waals surface area contributed by atoms with Crippen LogP contribution in [0.25, 0.3) is 0 Å². The zero-order chi connectivity index (χ0) is 21.5. The smallest absolute Gasteiger partial charge is 0.251 e. The molecule has 0 spiro atoms. The molecule has 0 atom stereocenters. The molecule has 0 aromatic heterocycles. The average molecular weight is 438 g/mol. The van der Waals surface area contributed by atoms with Crippen LogP contribution in [0.3, 0.4) is 0 Å². The Bertz CT molecular complexity index is 729. The van der Waals surface area contributed by atoms with Crippen molar-refractivity contribution in [3.05, 3.63) is 28.8 Å². The number of hydrogen-bond donors (Lipinski definition) is 1. The van der Waals surface area contributed by atoms with Crippen molar-refractivity contribution >= 4 is 23.4 Å². The van der Waals surface area contributed by atoms with Crippen LogP contribution in [0.2, 0.25) is 5.02 Å². The van der Waals surface area contributed by atoms with Crippen LogP contribution in [-0.2, 0) is 9.53 Å². The molecule has 30 heavy (non-hydrogen) atoms. The van der Waals surface area contributed by atoms with E-state index in [0.29, 0.717) is 49.2 Å². The first kappa shape index (κ1) is 22.8. The van der Waals surface area contributed by atoms with Crippen molar-refractivity contribution in [2.24, 2.45) is 5.92 Å². The van der Waals surface area contributed by atoms with Gasteiger partial charge in [-0.3, -0.25) is 9.59 Å². The number of rotatable bonds is 7. The second kappa shape index (κ2) is 11.0. The molecule has 0 aliphatic carbocycles. The maximum absolute atomic E-state index is 12.7. The molecule has 166 valence electrons. The van der Waals surface area contributed by atoms with Crippen molar-refractivity contribution < 1.29 is 19.1 Å². The summed E-state index contributed by atoms with van der Waals surface area (Å²) >= 11 is 6.37. The van der Waals surface area contributed by atoms with Gasteiger partial charge >= 0.3 is 0 Å². The second-order valence-corrected chi connectivity index (χ2v) is 8.64. The Morgan fingerprint density at radius 2 is 1.90 bits per heavy atom. The van der Waals surface area contributed by atoms with E-state index in [1.54, 1.807) is 18.2 Å². The van der Waals surface area contributed by atoms with Gasteiger partial charge in [0.1, 0.15) is 11.9 Å². The summed E-state index contributed by atoms with van der Waals surface area (Å²) in [6, 6.07) is 5.13. The molecule has 2 aliphatic rings. The lowest BCUT2D eigenvalue weighted by atomic mass is 9.97. The van der Waals surface area contributed by atoms with Gasteiger partial charge in [0, 0.05) is 63.7 Å². The molecular formula is C22H32ClN3O4. The fraction of sp³-hybridized carbons (Fsp3) is 0.636. The number of carbonyl (C=O) groups excluding carboxylic acids is 2.